The summed E-state index contributed by atoms with van der Waals surface area (Å²) < 4.78 is 0. The van der Waals surface area contributed by atoms with Crippen LogP contribution in [0.5, 0.6) is 0 Å². The minimum absolute atomic E-state index is 0.209. The van der Waals surface area contributed by atoms with Crippen LogP contribution in [0.15, 0.2) is 30.3 Å². The van der Waals surface area contributed by atoms with Gasteiger partial charge in [0.15, 0.2) is 0 Å². The number of primary amides is 1. The van der Waals surface area contributed by atoms with Gasteiger partial charge in [-0.05, 0) is 12.5 Å². The highest BCUT2D eigenvalue weighted by Gasteiger charge is 2.21. The SMILES string of the molecule is CC(CC(N)=O)N1CCN(Cc2ccccc2)CC1. The van der Waals surface area contributed by atoms with Crippen LogP contribution in [-0.4, -0.2) is 47.9 Å². The van der Waals surface area contributed by atoms with Gasteiger partial charge >= 0.3 is 0 Å². The Balaban J connectivity index is 1.78. The minimum atomic E-state index is -0.209. The number of nitrogens with zero attached hydrogens (tertiary/aromatic N) is 2. The summed E-state index contributed by atoms with van der Waals surface area (Å²) in [7, 11) is 0. The largest absolute Gasteiger partial charge is 0.370 e. The van der Waals surface area contributed by atoms with E-state index in [0.29, 0.717) is 6.42 Å². The van der Waals surface area contributed by atoms with Crippen molar-refractivity contribution < 1.29 is 4.79 Å². The Morgan fingerprint density at radius 1 is 1.21 bits per heavy atom. The first-order chi connectivity index (χ1) is 9.15. The van der Waals surface area contributed by atoms with Gasteiger partial charge in [0.25, 0.3) is 0 Å². The quantitative estimate of drug-likeness (QED) is 0.862. The summed E-state index contributed by atoms with van der Waals surface area (Å²) in [5, 5.41) is 0. The number of amides is 1. The summed E-state index contributed by atoms with van der Waals surface area (Å²) in [6.45, 7) is 7.23. The van der Waals surface area contributed by atoms with Crippen molar-refractivity contribution in [2.45, 2.75) is 25.9 Å². The molecule has 0 aromatic heterocycles. The maximum Gasteiger partial charge on any atom is 0.218 e. The molecule has 0 bridgehead atoms. The lowest BCUT2D eigenvalue weighted by Gasteiger charge is -2.37. The van der Waals surface area contributed by atoms with E-state index in [2.05, 4.69) is 41.0 Å². The van der Waals surface area contributed by atoms with Crippen LogP contribution >= 0.6 is 0 Å². The summed E-state index contributed by atoms with van der Waals surface area (Å²) in [5.74, 6) is -0.209. The normalized spacial score (nSPS) is 19.2. The van der Waals surface area contributed by atoms with E-state index in [9.17, 15) is 4.79 Å². The number of rotatable bonds is 5. The van der Waals surface area contributed by atoms with Gasteiger partial charge in [0, 0.05) is 45.2 Å². The number of benzene rings is 1. The molecule has 4 nitrogen and oxygen atoms in total. The standard InChI is InChI=1S/C15H23N3O/c1-13(11-15(16)19)18-9-7-17(8-10-18)12-14-5-3-2-4-6-14/h2-6,13H,7-12H2,1H3,(H2,16,19). The van der Waals surface area contributed by atoms with E-state index in [1.807, 2.05) is 6.07 Å². The van der Waals surface area contributed by atoms with Crippen molar-refractivity contribution in [2.75, 3.05) is 26.2 Å². The smallest absolute Gasteiger partial charge is 0.218 e. The van der Waals surface area contributed by atoms with Gasteiger partial charge in [-0.15, -0.1) is 0 Å². The molecule has 2 N–H and O–H groups in total. The van der Waals surface area contributed by atoms with Gasteiger partial charge in [0.1, 0.15) is 0 Å². The topological polar surface area (TPSA) is 49.6 Å². The molecule has 1 fully saturated rings. The molecular weight excluding hydrogens is 238 g/mol. The molecule has 1 aliphatic rings. The maximum atomic E-state index is 10.9. The van der Waals surface area contributed by atoms with Crippen LogP contribution in [0.4, 0.5) is 0 Å². The molecule has 0 aliphatic carbocycles. The third kappa shape index (κ3) is 4.33. The fourth-order valence-corrected chi connectivity index (χ4v) is 2.62. The molecule has 1 aliphatic heterocycles. The Morgan fingerprint density at radius 3 is 2.42 bits per heavy atom. The van der Waals surface area contributed by atoms with E-state index in [1.54, 1.807) is 0 Å². The molecular formula is C15H23N3O. The third-order valence-corrected chi connectivity index (χ3v) is 3.78. The Hall–Kier alpha value is -1.39. The number of hydrogen-bond donors (Lipinski definition) is 1. The molecule has 0 saturated carbocycles. The van der Waals surface area contributed by atoms with Crippen LogP contribution in [0.2, 0.25) is 0 Å². The maximum absolute atomic E-state index is 10.9. The van der Waals surface area contributed by atoms with Gasteiger partial charge in [-0.1, -0.05) is 30.3 Å². The Bertz CT molecular complexity index is 399. The Kier molecular flexibility index (Phi) is 4.93. The predicted octanol–water partition coefficient (Wildman–Crippen LogP) is 1.07. The molecule has 104 valence electrons. The first-order valence-electron chi connectivity index (χ1n) is 6.94. The first kappa shape index (κ1) is 14.0. The van der Waals surface area contributed by atoms with Gasteiger partial charge in [-0.3, -0.25) is 14.6 Å². The van der Waals surface area contributed by atoms with Gasteiger partial charge in [-0.2, -0.15) is 0 Å². The van der Waals surface area contributed by atoms with Gasteiger partial charge in [-0.25, -0.2) is 0 Å². The highest BCUT2D eigenvalue weighted by atomic mass is 16.1. The zero-order valence-electron chi connectivity index (χ0n) is 11.6. The second-order valence-corrected chi connectivity index (χ2v) is 5.32. The molecule has 1 unspecified atom stereocenters. The van der Waals surface area contributed by atoms with Crippen molar-refractivity contribution >= 4 is 5.91 Å². The Morgan fingerprint density at radius 2 is 1.84 bits per heavy atom. The second kappa shape index (κ2) is 6.68. The number of piperazine rings is 1. The van der Waals surface area contributed by atoms with Crippen molar-refractivity contribution in [1.29, 1.82) is 0 Å². The summed E-state index contributed by atoms with van der Waals surface area (Å²) in [6.07, 6.45) is 0.457. The van der Waals surface area contributed by atoms with Crippen molar-refractivity contribution in [3.63, 3.8) is 0 Å². The lowest BCUT2D eigenvalue weighted by Crippen LogP contribution is -2.49. The molecule has 1 aromatic rings. The van der Waals surface area contributed by atoms with E-state index in [0.717, 1.165) is 32.7 Å². The van der Waals surface area contributed by atoms with E-state index in [-0.39, 0.29) is 11.9 Å². The summed E-state index contributed by atoms with van der Waals surface area (Å²) in [6, 6.07) is 10.8. The molecule has 1 atom stereocenters. The molecule has 2 rings (SSSR count). The van der Waals surface area contributed by atoms with Crippen molar-refractivity contribution in [2.24, 2.45) is 5.73 Å². The Labute approximate surface area is 115 Å². The molecule has 1 heterocycles. The zero-order valence-corrected chi connectivity index (χ0v) is 11.6. The van der Waals surface area contributed by atoms with Crippen molar-refractivity contribution in [3.05, 3.63) is 35.9 Å². The number of hydrogen-bond acceptors (Lipinski definition) is 3. The van der Waals surface area contributed by atoms with E-state index in [1.165, 1.54) is 5.56 Å². The summed E-state index contributed by atoms with van der Waals surface area (Å²) >= 11 is 0. The highest BCUT2D eigenvalue weighted by Crippen LogP contribution is 2.11. The summed E-state index contributed by atoms with van der Waals surface area (Å²) in [4.78, 5) is 15.8. The van der Waals surface area contributed by atoms with Crippen LogP contribution in [0.25, 0.3) is 0 Å². The van der Waals surface area contributed by atoms with E-state index in [4.69, 9.17) is 5.73 Å². The highest BCUT2D eigenvalue weighted by molar-refractivity contribution is 5.74. The average molecular weight is 261 g/mol. The molecule has 1 saturated heterocycles. The number of carbonyl (C=O) groups excluding carboxylic acids is 1. The second-order valence-electron chi connectivity index (χ2n) is 5.32. The van der Waals surface area contributed by atoms with Crippen molar-refractivity contribution in [1.82, 2.24) is 9.80 Å². The molecule has 19 heavy (non-hydrogen) atoms. The van der Waals surface area contributed by atoms with E-state index >= 15 is 0 Å². The fourth-order valence-electron chi connectivity index (χ4n) is 2.62. The molecule has 4 heteroatoms. The number of nitrogens with two attached hydrogens (primary N) is 1. The van der Waals surface area contributed by atoms with E-state index < -0.39 is 0 Å². The van der Waals surface area contributed by atoms with Crippen LogP contribution in [0.1, 0.15) is 18.9 Å². The van der Waals surface area contributed by atoms with Crippen LogP contribution in [0, 0.1) is 0 Å². The van der Waals surface area contributed by atoms with Crippen LogP contribution < -0.4 is 5.73 Å². The lowest BCUT2D eigenvalue weighted by atomic mass is 10.1. The molecule has 0 spiro atoms. The molecule has 0 radical (unpaired) electrons. The zero-order chi connectivity index (χ0) is 13.7. The van der Waals surface area contributed by atoms with Crippen molar-refractivity contribution in [3.8, 4) is 0 Å². The van der Waals surface area contributed by atoms with Gasteiger partial charge in [0.2, 0.25) is 5.91 Å². The van der Waals surface area contributed by atoms with Gasteiger partial charge < -0.3 is 5.73 Å². The van der Waals surface area contributed by atoms with Gasteiger partial charge in [0.05, 0.1) is 0 Å². The first-order valence-corrected chi connectivity index (χ1v) is 6.94. The predicted molar refractivity (Wildman–Crippen MR) is 76.6 cm³/mol. The average Bonchev–Trinajstić information content (AvgIpc) is 2.40. The minimum Gasteiger partial charge on any atom is -0.370 e. The fraction of sp³-hybridized carbons (Fsp3) is 0.533. The summed E-state index contributed by atoms with van der Waals surface area (Å²) in [5.41, 5.74) is 6.62. The van der Waals surface area contributed by atoms with Crippen LogP contribution in [-0.2, 0) is 11.3 Å². The third-order valence-electron chi connectivity index (χ3n) is 3.78. The molecule has 1 amide bonds. The monoisotopic (exact) mass is 261 g/mol. The molecule has 1 aromatic carbocycles. The number of carbonyl (C=O) groups is 1. The van der Waals surface area contributed by atoms with Crippen LogP contribution in [0.3, 0.4) is 0 Å². The lowest BCUT2D eigenvalue weighted by molar-refractivity contribution is -0.119.